The van der Waals surface area contributed by atoms with Crippen LogP contribution in [0.25, 0.3) is 11.4 Å². The Hall–Kier alpha value is -3.19. The Kier molecular flexibility index (Phi) is 7.63. The lowest BCUT2D eigenvalue weighted by Crippen LogP contribution is -2.43. The van der Waals surface area contributed by atoms with Crippen molar-refractivity contribution in [3.8, 4) is 17.1 Å². The lowest BCUT2D eigenvalue weighted by Gasteiger charge is -2.32. The molecule has 2 atom stereocenters. The Balaban J connectivity index is 1.35. The fourth-order valence-electron chi connectivity index (χ4n) is 4.47. The summed E-state index contributed by atoms with van der Waals surface area (Å²) in [6, 6.07) is 14.0. The highest BCUT2D eigenvalue weighted by atomic mass is 16.5. The first-order chi connectivity index (χ1) is 16.5. The number of nitrogens with zero attached hydrogens (tertiary/aromatic N) is 3. The van der Waals surface area contributed by atoms with Crippen LogP contribution in [0.15, 0.2) is 47.0 Å². The lowest BCUT2D eigenvalue weighted by atomic mass is 9.95. The van der Waals surface area contributed by atoms with E-state index in [1.165, 1.54) is 16.7 Å². The van der Waals surface area contributed by atoms with Crippen LogP contribution in [0.5, 0.6) is 5.75 Å². The zero-order valence-corrected chi connectivity index (χ0v) is 20.5. The SMILES string of the molecule is CCC(NC(=O)C1CCCN(Cc2nc(-c3ccc(OC)cc3)no2)C1)c1ccc(C)c(C)c1. The molecule has 4 rings (SSSR count). The molecule has 2 aromatic carbocycles. The van der Waals surface area contributed by atoms with E-state index in [1.54, 1.807) is 7.11 Å². The fraction of sp³-hybridized carbons (Fsp3) is 0.444. The van der Waals surface area contributed by atoms with Gasteiger partial charge in [0.15, 0.2) is 0 Å². The first-order valence-corrected chi connectivity index (χ1v) is 12.0. The van der Waals surface area contributed by atoms with Gasteiger partial charge in [-0.25, -0.2) is 0 Å². The number of aryl methyl sites for hydroxylation is 2. The Morgan fingerprint density at radius 2 is 2.00 bits per heavy atom. The van der Waals surface area contributed by atoms with E-state index in [-0.39, 0.29) is 17.9 Å². The number of piperidine rings is 1. The molecule has 1 saturated heterocycles. The number of nitrogens with one attached hydrogen (secondary N) is 1. The largest absolute Gasteiger partial charge is 0.497 e. The second-order valence-electron chi connectivity index (χ2n) is 9.13. The van der Waals surface area contributed by atoms with Gasteiger partial charge in [-0.05, 0) is 80.6 Å². The summed E-state index contributed by atoms with van der Waals surface area (Å²) >= 11 is 0. The molecule has 2 heterocycles. The smallest absolute Gasteiger partial charge is 0.241 e. The van der Waals surface area contributed by atoms with E-state index in [1.807, 2.05) is 24.3 Å². The zero-order valence-electron chi connectivity index (χ0n) is 20.5. The molecule has 0 radical (unpaired) electrons. The summed E-state index contributed by atoms with van der Waals surface area (Å²) in [5.74, 6) is 1.99. The average Bonchev–Trinajstić information content (AvgIpc) is 3.32. The van der Waals surface area contributed by atoms with Gasteiger partial charge in [0.1, 0.15) is 5.75 Å². The van der Waals surface area contributed by atoms with Crippen LogP contribution in [0.1, 0.15) is 54.8 Å². The maximum Gasteiger partial charge on any atom is 0.241 e. The average molecular weight is 463 g/mol. The Morgan fingerprint density at radius 1 is 1.21 bits per heavy atom. The van der Waals surface area contributed by atoms with Crippen molar-refractivity contribution >= 4 is 5.91 Å². The molecule has 7 heteroatoms. The molecular formula is C27H34N4O3. The Bertz CT molecular complexity index is 1110. The number of rotatable bonds is 8. The van der Waals surface area contributed by atoms with Gasteiger partial charge in [-0.15, -0.1) is 0 Å². The Morgan fingerprint density at radius 3 is 2.71 bits per heavy atom. The molecule has 180 valence electrons. The van der Waals surface area contributed by atoms with Crippen molar-refractivity contribution in [2.45, 2.75) is 52.6 Å². The van der Waals surface area contributed by atoms with Crippen LogP contribution in [-0.4, -0.2) is 41.1 Å². The second kappa shape index (κ2) is 10.8. The summed E-state index contributed by atoms with van der Waals surface area (Å²) in [4.78, 5) is 19.9. The van der Waals surface area contributed by atoms with Gasteiger partial charge in [0, 0.05) is 12.1 Å². The minimum Gasteiger partial charge on any atom is -0.497 e. The van der Waals surface area contributed by atoms with Crippen LogP contribution in [0.3, 0.4) is 0 Å². The van der Waals surface area contributed by atoms with Crippen molar-refractivity contribution in [2.24, 2.45) is 5.92 Å². The molecule has 1 fully saturated rings. The molecule has 0 bridgehead atoms. The number of likely N-dealkylation sites (tertiary alicyclic amines) is 1. The predicted octanol–water partition coefficient (Wildman–Crippen LogP) is 4.84. The standard InChI is InChI=1S/C27H34N4O3/c1-5-24(21-9-8-18(2)19(3)15-21)28-27(32)22-7-6-14-31(16-22)17-25-29-26(30-34-25)20-10-12-23(33-4)13-11-20/h8-13,15,22,24H,5-7,14,16-17H2,1-4H3,(H,28,32). The van der Waals surface area contributed by atoms with E-state index in [2.05, 4.69) is 59.3 Å². The van der Waals surface area contributed by atoms with E-state index >= 15 is 0 Å². The van der Waals surface area contributed by atoms with Crippen LogP contribution in [-0.2, 0) is 11.3 Å². The van der Waals surface area contributed by atoms with E-state index < -0.39 is 0 Å². The van der Waals surface area contributed by atoms with Crippen molar-refractivity contribution in [1.82, 2.24) is 20.4 Å². The van der Waals surface area contributed by atoms with Crippen molar-refractivity contribution in [2.75, 3.05) is 20.2 Å². The van der Waals surface area contributed by atoms with E-state index in [0.717, 1.165) is 37.1 Å². The second-order valence-corrected chi connectivity index (χ2v) is 9.13. The molecule has 0 aliphatic carbocycles. The molecule has 1 aliphatic heterocycles. The van der Waals surface area contributed by atoms with Crippen molar-refractivity contribution < 1.29 is 14.1 Å². The maximum absolute atomic E-state index is 13.1. The molecule has 1 aliphatic rings. The molecule has 0 spiro atoms. The molecule has 1 amide bonds. The molecular weight excluding hydrogens is 428 g/mol. The Labute approximate surface area is 201 Å². The van der Waals surface area contributed by atoms with Crippen LogP contribution in [0, 0.1) is 19.8 Å². The van der Waals surface area contributed by atoms with Gasteiger partial charge in [0.05, 0.1) is 25.6 Å². The minimum absolute atomic E-state index is 0.0326. The third-order valence-electron chi connectivity index (χ3n) is 6.71. The third kappa shape index (κ3) is 5.65. The van der Waals surface area contributed by atoms with Gasteiger partial charge < -0.3 is 14.6 Å². The number of carbonyl (C=O) groups excluding carboxylic acids is 1. The summed E-state index contributed by atoms with van der Waals surface area (Å²) in [5, 5.41) is 7.42. The summed E-state index contributed by atoms with van der Waals surface area (Å²) in [5.41, 5.74) is 4.57. The molecule has 2 unspecified atom stereocenters. The maximum atomic E-state index is 13.1. The zero-order chi connectivity index (χ0) is 24.1. The number of hydrogen-bond donors (Lipinski definition) is 1. The van der Waals surface area contributed by atoms with Crippen molar-refractivity contribution in [3.05, 3.63) is 65.0 Å². The predicted molar refractivity (Wildman–Crippen MR) is 131 cm³/mol. The van der Waals surface area contributed by atoms with Gasteiger partial charge >= 0.3 is 0 Å². The van der Waals surface area contributed by atoms with E-state index in [9.17, 15) is 4.79 Å². The molecule has 1 aromatic heterocycles. The number of carbonyl (C=O) groups is 1. The molecule has 7 nitrogen and oxygen atoms in total. The summed E-state index contributed by atoms with van der Waals surface area (Å²) in [6.45, 7) is 8.49. The third-order valence-corrected chi connectivity index (χ3v) is 6.71. The van der Waals surface area contributed by atoms with Crippen LogP contribution >= 0.6 is 0 Å². The van der Waals surface area contributed by atoms with Gasteiger partial charge in [0.2, 0.25) is 17.6 Å². The van der Waals surface area contributed by atoms with Crippen LogP contribution in [0.2, 0.25) is 0 Å². The van der Waals surface area contributed by atoms with E-state index in [4.69, 9.17) is 9.26 Å². The monoisotopic (exact) mass is 462 g/mol. The minimum atomic E-state index is -0.0432. The number of hydrogen-bond acceptors (Lipinski definition) is 6. The first-order valence-electron chi connectivity index (χ1n) is 12.0. The number of methoxy groups -OCH3 is 1. The summed E-state index contributed by atoms with van der Waals surface area (Å²) in [6.07, 6.45) is 2.73. The molecule has 1 N–H and O–H groups in total. The topological polar surface area (TPSA) is 80.5 Å². The molecule has 34 heavy (non-hydrogen) atoms. The number of aromatic nitrogens is 2. The number of ether oxygens (including phenoxy) is 1. The molecule has 3 aromatic rings. The highest BCUT2D eigenvalue weighted by Gasteiger charge is 2.28. The van der Waals surface area contributed by atoms with Gasteiger partial charge in [0.25, 0.3) is 0 Å². The number of amides is 1. The van der Waals surface area contributed by atoms with Crippen LogP contribution in [0.4, 0.5) is 0 Å². The van der Waals surface area contributed by atoms with Gasteiger partial charge in [-0.1, -0.05) is 30.3 Å². The summed E-state index contributed by atoms with van der Waals surface area (Å²) in [7, 11) is 1.64. The van der Waals surface area contributed by atoms with Gasteiger partial charge in [-0.3, -0.25) is 9.69 Å². The summed E-state index contributed by atoms with van der Waals surface area (Å²) < 4.78 is 10.7. The normalized spacial score (nSPS) is 17.4. The highest BCUT2D eigenvalue weighted by Crippen LogP contribution is 2.24. The van der Waals surface area contributed by atoms with Crippen LogP contribution < -0.4 is 10.1 Å². The lowest BCUT2D eigenvalue weighted by molar-refractivity contribution is -0.127. The fourth-order valence-corrected chi connectivity index (χ4v) is 4.47. The number of benzene rings is 2. The first kappa shape index (κ1) is 24.0. The quantitative estimate of drug-likeness (QED) is 0.516. The van der Waals surface area contributed by atoms with Gasteiger partial charge in [-0.2, -0.15) is 4.98 Å². The molecule has 0 saturated carbocycles. The highest BCUT2D eigenvalue weighted by molar-refractivity contribution is 5.79. The van der Waals surface area contributed by atoms with E-state index in [0.29, 0.717) is 24.8 Å². The van der Waals surface area contributed by atoms with Crippen molar-refractivity contribution in [3.63, 3.8) is 0 Å². The van der Waals surface area contributed by atoms with Crippen molar-refractivity contribution in [1.29, 1.82) is 0 Å².